The maximum absolute atomic E-state index is 11.4. The van der Waals surface area contributed by atoms with Gasteiger partial charge in [-0.05, 0) is 11.4 Å². The average molecular weight is 230 g/mol. The van der Waals surface area contributed by atoms with E-state index in [2.05, 4.69) is 6.58 Å². The number of rotatable bonds is 5. The Morgan fingerprint density at radius 1 is 1.71 bits per heavy atom. The average Bonchev–Trinajstić information content (AvgIpc) is 2.68. The largest absolute Gasteiger partial charge is 0.333 e. The molecule has 1 aromatic rings. The van der Waals surface area contributed by atoms with Gasteiger partial charge in [0.15, 0.2) is 0 Å². The number of halogens is 1. The molecule has 0 aliphatic heterocycles. The van der Waals surface area contributed by atoms with E-state index in [9.17, 15) is 4.79 Å². The summed E-state index contributed by atoms with van der Waals surface area (Å²) in [5, 5.41) is 1.99. The van der Waals surface area contributed by atoms with E-state index >= 15 is 0 Å². The lowest BCUT2D eigenvalue weighted by atomic mass is 10.4. The summed E-state index contributed by atoms with van der Waals surface area (Å²) >= 11 is 7.13. The number of alkyl halides is 1. The zero-order chi connectivity index (χ0) is 10.4. The second-order valence-electron chi connectivity index (χ2n) is 2.78. The highest BCUT2D eigenvalue weighted by Crippen LogP contribution is 2.12. The van der Waals surface area contributed by atoms with Gasteiger partial charge in [0.25, 0.3) is 0 Å². The Hall–Kier alpha value is -0.800. The summed E-state index contributed by atoms with van der Waals surface area (Å²) in [6, 6.07) is 3.97. The highest BCUT2D eigenvalue weighted by molar-refractivity contribution is 7.09. The molecule has 0 radical (unpaired) electrons. The number of nitrogens with zero attached hydrogens (tertiary/aromatic N) is 1. The van der Waals surface area contributed by atoms with Crippen molar-refractivity contribution in [2.75, 3.05) is 12.4 Å². The van der Waals surface area contributed by atoms with Crippen LogP contribution in [0.4, 0.5) is 0 Å². The Morgan fingerprint density at radius 2 is 2.50 bits per heavy atom. The smallest absolute Gasteiger partial charge is 0.238 e. The molecule has 0 aliphatic rings. The van der Waals surface area contributed by atoms with Gasteiger partial charge in [-0.3, -0.25) is 4.79 Å². The quantitative estimate of drug-likeness (QED) is 0.561. The molecule has 1 rings (SSSR count). The Morgan fingerprint density at radius 3 is 3.00 bits per heavy atom. The molecule has 0 unspecified atom stereocenters. The third-order valence-electron chi connectivity index (χ3n) is 1.74. The summed E-state index contributed by atoms with van der Waals surface area (Å²) in [5.41, 5.74) is 0. The predicted octanol–water partition coefficient (Wildman–Crippen LogP) is 2.50. The summed E-state index contributed by atoms with van der Waals surface area (Å²) in [6.45, 7) is 4.78. The van der Waals surface area contributed by atoms with Gasteiger partial charge in [-0.15, -0.1) is 29.5 Å². The fourth-order valence-electron chi connectivity index (χ4n) is 1.09. The first-order chi connectivity index (χ1) is 6.77. The highest BCUT2D eigenvalue weighted by Gasteiger charge is 2.11. The Labute approximate surface area is 92.8 Å². The number of hydrogen-bond donors (Lipinski definition) is 0. The lowest BCUT2D eigenvalue weighted by molar-refractivity contribution is -0.128. The van der Waals surface area contributed by atoms with E-state index in [1.807, 2.05) is 17.5 Å². The monoisotopic (exact) mass is 229 g/mol. The van der Waals surface area contributed by atoms with E-state index in [1.54, 1.807) is 22.3 Å². The molecule has 0 fully saturated rings. The van der Waals surface area contributed by atoms with Gasteiger partial charge in [-0.25, -0.2) is 0 Å². The molecule has 0 spiro atoms. The number of hydrogen-bond acceptors (Lipinski definition) is 2. The van der Waals surface area contributed by atoms with Crippen molar-refractivity contribution in [3.63, 3.8) is 0 Å². The SMILES string of the molecule is C=CCN(Cc1cccs1)C(=O)CCl. The summed E-state index contributed by atoms with van der Waals surface area (Å²) in [4.78, 5) is 14.2. The first-order valence-electron chi connectivity index (χ1n) is 4.25. The predicted molar refractivity (Wildman–Crippen MR) is 60.7 cm³/mol. The van der Waals surface area contributed by atoms with Gasteiger partial charge < -0.3 is 4.90 Å². The molecule has 1 amide bonds. The molecule has 0 aromatic carbocycles. The Bertz CT molecular complexity index is 297. The molecular weight excluding hydrogens is 218 g/mol. The van der Waals surface area contributed by atoms with Crippen LogP contribution in [0.25, 0.3) is 0 Å². The van der Waals surface area contributed by atoms with Crippen molar-refractivity contribution in [2.24, 2.45) is 0 Å². The zero-order valence-corrected chi connectivity index (χ0v) is 9.35. The Balaban J connectivity index is 2.59. The summed E-state index contributed by atoms with van der Waals surface area (Å²) in [5.74, 6) is -0.0286. The van der Waals surface area contributed by atoms with Gasteiger partial charge in [0.05, 0.1) is 6.54 Å². The molecule has 14 heavy (non-hydrogen) atoms. The molecule has 0 saturated carbocycles. The van der Waals surface area contributed by atoms with Crippen LogP contribution in [0.3, 0.4) is 0 Å². The molecular formula is C10H12ClNOS. The van der Waals surface area contributed by atoms with Gasteiger partial charge in [0, 0.05) is 11.4 Å². The van der Waals surface area contributed by atoms with E-state index in [0.29, 0.717) is 13.1 Å². The molecule has 1 aromatic heterocycles. The van der Waals surface area contributed by atoms with E-state index in [1.165, 1.54) is 0 Å². The number of carbonyl (C=O) groups excluding carboxylic acids is 1. The first-order valence-corrected chi connectivity index (χ1v) is 5.66. The topological polar surface area (TPSA) is 20.3 Å². The molecule has 4 heteroatoms. The number of carbonyl (C=O) groups is 1. The van der Waals surface area contributed by atoms with E-state index < -0.39 is 0 Å². The van der Waals surface area contributed by atoms with Crippen molar-refractivity contribution >= 4 is 28.8 Å². The molecule has 0 aliphatic carbocycles. The molecule has 76 valence electrons. The van der Waals surface area contributed by atoms with Crippen LogP contribution in [0, 0.1) is 0 Å². The van der Waals surface area contributed by atoms with Crippen molar-refractivity contribution in [1.82, 2.24) is 4.90 Å². The van der Waals surface area contributed by atoms with E-state index in [0.717, 1.165) is 4.88 Å². The lowest BCUT2D eigenvalue weighted by Crippen LogP contribution is -2.31. The van der Waals surface area contributed by atoms with Crippen LogP contribution in [-0.2, 0) is 11.3 Å². The molecule has 0 N–H and O–H groups in total. The van der Waals surface area contributed by atoms with Gasteiger partial charge in [-0.1, -0.05) is 12.1 Å². The fourth-order valence-corrected chi connectivity index (χ4v) is 1.97. The minimum absolute atomic E-state index is 0.0270. The van der Waals surface area contributed by atoms with Gasteiger partial charge in [0.2, 0.25) is 5.91 Å². The summed E-state index contributed by atoms with van der Waals surface area (Å²) in [6.07, 6.45) is 1.71. The van der Waals surface area contributed by atoms with Crippen molar-refractivity contribution < 1.29 is 4.79 Å². The Kier molecular flexibility index (Phi) is 4.70. The van der Waals surface area contributed by atoms with Crippen LogP contribution in [0.15, 0.2) is 30.2 Å². The van der Waals surface area contributed by atoms with Crippen molar-refractivity contribution in [1.29, 1.82) is 0 Å². The summed E-state index contributed by atoms with van der Waals surface area (Å²) < 4.78 is 0. The summed E-state index contributed by atoms with van der Waals surface area (Å²) in [7, 11) is 0. The minimum Gasteiger partial charge on any atom is -0.333 e. The number of amides is 1. The minimum atomic E-state index is -0.0556. The maximum atomic E-state index is 11.4. The molecule has 0 atom stereocenters. The van der Waals surface area contributed by atoms with Crippen LogP contribution >= 0.6 is 22.9 Å². The zero-order valence-electron chi connectivity index (χ0n) is 7.78. The first kappa shape index (κ1) is 11.3. The van der Waals surface area contributed by atoms with Crippen LogP contribution in [0.1, 0.15) is 4.88 Å². The van der Waals surface area contributed by atoms with E-state index in [4.69, 9.17) is 11.6 Å². The fraction of sp³-hybridized carbons (Fsp3) is 0.300. The highest BCUT2D eigenvalue weighted by atomic mass is 35.5. The van der Waals surface area contributed by atoms with Gasteiger partial charge >= 0.3 is 0 Å². The van der Waals surface area contributed by atoms with Crippen molar-refractivity contribution in [3.05, 3.63) is 35.0 Å². The van der Waals surface area contributed by atoms with Crippen LogP contribution in [0.2, 0.25) is 0 Å². The molecule has 0 saturated heterocycles. The molecule has 1 heterocycles. The van der Waals surface area contributed by atoms with Crippen molar-refractivity contribution in [3.8, 4) is 0 Å². The van der Waals surface area contributed by atoms with Crippen LogP contribution < -0.4 is 0 Å². The lowest BCUT2D eigenvalue weighted by Gasteiger charge is -2.18. The van der Waals surface area contributed by atoms with Gasteiger partial charge in [-0.2, -0.15) is 0 Å². The second kappa shape index (κ2) is 5.83. The second-order valence-corrected chi connectivity index (χ2v) is 4.08. The molecule has 2 nitrogen and oxygen atoms in total. The maximum Gasteiger partial charge on any atom is 0.238 e. The molecule has 0 bridgehead atoms. The van der Waals surface area contributed by atoms with Crippen LogP contribution in [-0.4, -0.2) is 23.2 Å². The standard InChI is InChI=1S/C10H12ClNOS/c1-2-5-12(10(13)7-11)8-9-4-3-6-14-9/h2-4,6H,1,5,7-8H2. The van der Waals surface area contributed by atoms with Crippen molar-refractivity contribution in [2.45, 2.75) is 6.54 Å². The van der Waals surface area contributed by atoms with E-state index in [-0.39, 0.29) is 11.8 Å². The number of thiophene rings is 1. The normalized spacial score (nSPS) is 9.79. The third kappa shape index (κ3) is 3.16. The third-order valence-corrected chi connectivity index (χ3v) is 2.83. The van der Waals surface area contributed by atoms with Gasteiger partial charge in [0.1, 0.15) is 5.88 Å². The van der Waals surface area contributed by atoms with Crippen LogP contribution in [0.5, 0.6) is 0 Å².